The maximum atomic E-state index is 13.6. The molecule has 0 aliphatic carbocycles. The maximum Gasteiger partial charge on any atom is 0.411 e. The van der Waals surface area contributed by atoms with E-state index in [-0.39, 0.29) is 95.2 Å². The zero-order chi connectivity index (χ0) is 50.2. The van der Waals surface area contributed by atoms with Crippen LogP contribution in [-0.4, -0.2) is 131 Å². The molecular weight excluding hydrogens is 1130 g/mol. The molecule has 1 N–H and O–H groups in total. The number of β-amino-alcohol motifs (C(OH)–C–C–N with tert-alkyl or cyclic N) is 1. The number of carbonyl (C=O) groups excluding carboxylic acids is 2. The molecule has 2 saturated heterocycles. The van der Waals surface area contributed by atoms with E-state index in [0.717, 1.165) is 11.9 Å². The van der Waals surface area contributed by atoms with Crippen LogP contribution in [0.1, 0.15) is 78.1 Å². The second kappa shape index (κ2) is 28.9. The fraction of sp³-hybridized carbons (Fsp3) is 0.458. The van der Waals surface area contributed by atoms with Gasteiger partial charge in [0.15, 0.2) is 11.6 Å². The Bertz CT molecular complexity index is 2830. The first-order valence-corrected chi connectivity index (χ1v) is 24.2. The molecule has 404 valence electrons. The van der Waals surface area contributed by atoms with Crippen molar-refractivity contribution in [3.8, 4) is 11.4 Å². The lowest BCUT2D eigenvalue weighted by Gasteiger charge is -2.29. The highest BCUT2D eigenvalue weighted by Crippen LogP contribution is 2.36. The summed E-state index contributed by atoms with van der Waals surface area (Å²) in [6.07, 6.45) is 1.84. The molecule has 25 heteroatoms. The minimum absolute atomic E-state index is 0. The van der Waals surface area contributed by atoms with Crippen LogP contribution in [0.2, 0.25) is 10.0 Å². The summed E-state index contributed by atoms with van der Waals surface area (Å²) in [5.74, 6) is 0.730. The summed E-state index contributed by atoms with van der Waals surface area (Å²) in [5.41, 5.74) is -0.319. The first-order valence-electron chi connectivity index (χ1n) is 22.3. The van der Waals surface area contributed by atoms with Gasteiger partial charge in [0.2, 0.25) is 0 Å². The molecule has 0 unspecified atom stereocenters. The average Bonchev–Trinajstić information content (AvgIpc) is 4.09. The molecule has 0 radical (unpaired) electrons. The van der Waals surface area contributed by atoms with Crippen LogP contribution in [0.5, 0.6) is 0 Å². The molecule has 6 aromatic rings. The summed E-state index contributed by atoms with van der Waals surface area (Å²) >= 11 is 15.7. The van der Waals surface area contributed by atoms with Gasteiger partial charge in [0.05, 0.1) is 78.6 Å². The van der Waals surface area contributed by atoms with Crippen molar-refractivity contribution in [3.05, 3.63) is 128 Å². The average molecular weight is 1200 g/mol. The van der Waals surface area contributed by atoms with Gasteiger partial charge in [-0.25, -0.2) is 18.6 Å². The maximum absolute atomic E-state index is 13.6. The summed E-state index contributed by atoms with van der Waals surface area (Å²) in [5, 5.41) is 21.2. The number of amides is 2. The number of fused-ring (bicyclic) bond motifs is 2. The summed E-state index contributed by atoms with van der Waals surface area (Å²) in [7, 11) is 3.29. The third-order valence-corrected chi connectivity index (χ3v) is 11.6. The van der Waals surface area contributed by atoms with Crippen LogP contribution in [0.15, 0.2) is 94.8 Å². The molecule has 73 heavy (non-hydrogen) atoms. The highest BCUT2D eigenvalue weighted by Gasteiger charge is 2.43. The Balaban J connectivity index is 0.000000438. The predicted octanol–water partition coefficient (Wildman–Crippen LogP) is 8.51. The Hall–Kier alpha value is -3.88. The van der Waals surface area contributed by atoms with Crippen molar-refractivity contribution in [1.29, 1.82) is 0 Å². The van der Waals surface area contributed by atoms with Gasteiger partial charge in [-0.2, -0.15) is 64.2 Å². The number of aromatic nitrogens is 6. The van der Waals surface area contributed by atoms with Crippen molar-refractivity contribution in [1.82, 2.24) is 38.2 Å². The number of alkyl halides is 1. The summed E-state index contributed by atoms with van der Waals surface area (Å²) in [6.45, 7) is 12.8. The topological polar surface area (TPSA) is 186 Å². The first-order chi connectivity index (χ1) is 32.8. The summed E-state index contributed by atoms with van der Waals surface area (Å²) in [6, 6.07) is 20.2. The number of rotatable bonds is 10. The van der Waals surface area contributed by atoms with Crippen molar-refractivity contribution < 1.29 is 38.4 Å². The Kier molecular flexibility index (Phi) is 25.8. The van der Waals surface area contributed by atoms with Crippen LogP contribution in [-0.2, 0) is 23.7 Å². The van der Waals surface area contributed by atoms with E-state index in [0.29, 0.717) is 59.2 Å². The van der Waals surface area contributed by atoms with Crippen molar-refractivity contribution in [2.24, 2.45) is 0 Å². The van der Waals surface area contributed by atoms with Gasteiger partial charge in [-0.1, -0.05) is 75.5 Å². The number of hydrogen-bond donors (Lipinski definition) is 1. The van der Waals surface area contributed by atoms with E-state index >= 15 is 0 Å². The number of carbonyl (C=O) groups is 2. The van der Waals surface area contributed by atoms with Crippen LogP contribution >= 0.6 is 93.1 Å². The molecule has 4 atom stereocenters. The molecule has 18 nitrogen and oxygen atoms in total. The summed E-state index contributed by atoms with van der Waals surface area (Å²) < 4.78 is 32.7. The predicted molar refractivity (Wildman–Crippen MR) is 307 cm³/mol. The Labute approximate surface area is 471 Å². The monoisotopic (exact) mass is 1190 g/mol. The van der Waals surface area contributed by atoms with Gasteiger partial charge in [-0.05, 0) is 77.9 Å². The van der Waals surface area contributed by atoms with E-state index in [4.69, 9.17) is 47.2 Å². The van der Waals surface area contributed by atoms with Crippen LogP contribution < -0.4 is 11.1 Å². The number of aliphatic hydroxyl groups excluding tert-OH is 1. The summed E-state index contributed by atoms with van der Waals surface area (Å²) in [4.78, 5) is 56.1. The fourth-order valence-electron chi connectivity index (χ4n) is 7.82. The number of methoxy groups -OCH3 is 2. The van der Waals surface area contributed by atoms with E-state index in [9.17, 15) is 24.3 Å². The Morgan fingerprint density at radius 1 is 0.644 bits per heavy atom. The number of benzene rings is 2. The SMILES string of the molecule is CC(C)(C)OC(=O)N1C[C@@H](O)C[C@H]1c1nn2ccc(Cl)c2c(=O)n1-c1ccccc1.COCCBr.COCCO[C@H]1C[C@@H](c2nn3ccc(Cl)c3c(=O)n2-c2ccccc2)N(C(=O)OC(C)(C)C)C1.S.S.S.S. The minimum atomic E-state index is -0.757. The molecule has 2 aromatic carbocycles. The minimum Gasteiger partial charge on any atom is -0.444 e. The number of halogens is 3. The quantitative estimate of drug-likeness (QED) is 0.102. The number of ether oxygens (including phenoxy) is 5. The molecule has 0 bridgehead atoms. The third-order valence-electron chi connectivity index (χ3n) is 10.7. The Morgan fingerprint density at radius 3 is 1.44 bits per heavy atom. The van der Waals surface area contributed by atoms with Crippen molar-refractivity contribution in [2.45, 2.75) is 89.9 Å². The van der Waals surface area contributed by atoms with E-state index in [2.05, 4.69) is 25.8 Å². The normalized spacial score (nSPS) is 17.2. The molecule has 4 aromatic heterocycles. The molecule has 0 saturated carbocycles. The van der Waals surface area contributed by atoms with E-state index in [1.54, 1.807) is 76.5 Å². The van der Waals surface area contributed by atoms with Gasteiger partial charge in [0.1, 0.15) is 22.2 Å². The molecular formula is C48H67BrCl2N8O10S4. The lowest BCUT2D eigenvalue weighted by atomic mass is 10.1. The van der Waals surface area contributed by atoms with Crippen molar-refractivity contribution >= 4 is 116 Å². The van der Waals surface area contributed by atoms with Crippen LogP contribution in [0.25, 0.3) is 22.4 Å². The number of likely N-dealkylation sites (tertiary alicyclic amines) is 2. The van der Waals surface area contributed by atoms with Gasteiger partial charge in [-0.15, -0.1) is 0 Å². The zero-order valence-corrected chi connectivity index (χ0v) is 49.0. The van der Waals surface area contributed by atoms with E-state index in [1.807, 2.05) is 69.3 Å². The van der Waals surface area contributed by atoms with Gasteiger partial charge in [0, 0.05) is 44.8 Å². The lowest BCUT2D eigenvalue weighted by molar-refractivity contribution is 0.00881. The van der Waals surface area contributed by atoms with Gasteiger partial charge in [0.25, 0.3) is 11.1 Å². The molecule has 2 aliphatic rings. The molecule has 0 spiro atoms. The number of hydrogen-bond acceptors (Lipinski definition) is 12. The van der Waals surface area contributed by atoms with Crippen LogP contribution in [0, 0.1) is 0 Å². The Morgan fingerprint density at radius 2 is 1.05 bits per heavy atom. The smallest absolute Gasteiger partial charge is 0.411 e. The van der Waals surface area contributed by atoms with Gasteiger partial charge < -0.3 is 28.8 Å². The molecule has 8 rings (SSSR count). The highest BCUT2D eigenvalue weighted by atomic mass is 79.9. The molecule has 2 amide bonds. The van der Waals surface area contributed by atoms with E-state index in [1.165, 1.54) is 23.1 Å². The zero-order valence-electron chi connectivity index (χ0n) is 41.9. The number of aliphatic hydroxyl groups is 1. The standard InChI is InChI=1S/C24H29ClN4O5.C21H23ClN4O4.C3H7BrO.4H2S/c1-24(2,3)34-23(31)27-15-17(33-13-12-32-4)14-19(27)21-26-28-11-10-18(25)20(28)22(30)29(21)16-8-6-5-7-9-16;1-21(2,3)30-20(29)24-12-14(27)11-16(24)18-23-25-10-9-15(22)17(25)19(28)26(18)13-7-5-4-6-8-13;1-5-3-2-4;;;;/h5-11,17,19H,12-15H2,1-4H3;4-10,14,16,27H,11-12H2,1-3H3;2-3H2,1H3;4*1H2/t17-,19-;14-,16-;;;;;/m00...../s1. The van der Waals surface area contributed by atoms with Crippen molar-refractivity contribution in [3.63, 3.8) is 0 Å². The van der Waals surface area contributed by atoms with Crippen LogP contribution in [0.3, 0.4) is 0 Å². The third kappa shape index (κ3) is 16.3. The largest absolute Gasteiger partial charge is 0.444 e. The van der Waals surface area contributed by atoms with E-state index < -0.39 is 41.6 Å². The second-order valence-electron chi connectivity index (χ2n) is 18.2. The second-order valence-corrected chi connectivity index (χ2v) is 19.8. The molecule has 2 fully saturated rings. The number of para-hydroxylation sites is 2. The lowest BCUT2D eigenvalue weighted by Crippen LogP contribution is -2.39. The fourth-order valence-corrected chi connectivity index (χ4v) is 8.59. The van der Waals surface area contributed by atoms with Gasteiger partial charge >= 0.3 is 12.2 Å². The molecule has 2 aliphatic heterocycles. The first kappa shape index (κ1) is 65.2. The van der Waals surface area contributed by atoms with Crippen molar-refractivity contribution in [2.75, 3.05) is 52.5 Å². The number of nitrogens with zero attached hydrogens (tertiary/aromatic N) is 8. The highest BCUT2D eigenvalue weighted by molar-refractivity contribution is 9.09. The molecule has 6 heterocycles. The van der Waals surface area contributed by atoms with Gasteiger partial charge in [-0.3, -0.25) is 28.5 Å². The van der Waals surface area contributed by atoms with Crippen LogP contribution in [0.4, 0.5) is 9.59 Å².